The topological polar surface area (TPSA) is 45.1 Å². The van der Waals surface area contributed by atoms with Crippen molar-refractivity contribution >= 4 is 10.9 Å². The van der Waals surface area contributed by atoms with Gasteiger partial charge in [-0.25, -0.2) is 4.39 Å². The molecule has 1 aromatic heterocycles. The monoisotopic (exact) mass is 248 g/mol. The number of hydrogen-bond donors (Lipinski definition) is 2. The van der Waals surface area contributed by atoms with Gasteiger partial charge in [-0.3, -0.25) is 4.98 Å². The summed E-state index contributed by atoms with van der Waals surface area (Å²) in [5.74, 6) is -0.0322. The molecule has 18 heavy (non-hydrogen) atoms. The van der Waals surface area contributed by atoms with Crippen LogP contribution < -0.4 is 5.32 Å². The Morgan fingerprint density at radius 3 is 3.00 bits per heavy atom. The minimum atomic E-state index is -0.245. The standard InChI is InChI=1S/C14H17FN2O/c1-10(9-18)7-16-8-11-4-5-13(15)12-3-2-6-17-14(11)12/h2-6,10,16,18H,7-9H2,1H3. The van der Waals surface area contributed by atoms with E-state index in [0.717, 1.165) is 12.1 Å². The molecular formula is C14H17FN2O. The summed E-state index contributed by atoms with van der Waals surface area (Å²) in [6, 6.07) is 6.69. The number of pyridine rings is 1. The highest BCUT2D eigenvalue weighted by Gasteiger charge is 2.07. The second-order valence-electron chi connectivity index (χ2n) is 4.52. The number of rotatable bonds is 5. The average Bonchev–Trinajstić information content (AvgIpc) is 2.41. The van der Waals surface area contributed by atoms with Crippen LogP contribution >= 0.6 is 0 Å². The zero-order chi connectivity index (χ0) is 13.0. The van der Waals surface area contributed by atoms with Crippen molar-refractivity contribution in [2.45, 2.75) is 13.5 Å². The molecule has 0 aliphatic carbocycles. The van der Waals surface area contributed by atoms with E-state index in [4.69, 9.17) is 5.11 Å². The van der Waals surface area contributed by atoms with E-state index in [1.165, 1.54) is 6.07 Å². The molecule has 2 rings (SSSR count). The fourth-order valence-corrected chi connectivity index (χ4v) is 1.86. The van der Waals surface area contributed by atoms with Gasteiger partial charge in [0.15, 0.2) is 0 Å². The van der Waals surface area contributed by atoms with Crippen molar-refractivity contribution in [1.29, 1.82) is 0 Å². The SMILES string of the molecule is CC(CO)CNCc1ccc(F)c2cccnc12. The molecule has 2 aromatic rings. The van der Waals surface area contributed by atoms with Crippen LogP contribution in [0.3, 0.4) is 0 Å². The molecule has 0 saturated carbocycles. The minimum Gasteiger partial charge on any atom is -0.396 e. The second-order valence-corrected chi connectivity index (χ2v) is 4.52. The first kappa shape index (κ1) is 12.9. The number of aliphatic hydroxyl groups is 1. The molecule has 1 aromatic carbocycles. The zero-order valence-electron chi connectivity index (χ0n) is 10.4. The number of fused-ring (bicyclic) bond motifs is 1. The van der Waals surface area contributed by atoms with Gasteiger partial charge < -0.3 is 10.4 Å². The highest BCUT2D eigenvalue weighted by molar-refractivity contribution is 5.82. The van der Waals surface area contributed by atoms with Crippen molar-refractivity contribution < 1.29 is 9.50 Å². The Kier molecular flexibility index (Phi) is 4.23. The summed E-state index contributed by atoms with van der Waals surface area (Å²) < 4.78 is 13.6. The minimum absolute atomic E-state index is 0.162. The molecule has 4 heteroatoms. The van der Waals surface area contributed by atoms with Crippen LogP contribution in [0.2, 0.25) is 0 Å². The molecule has 0 radical (unpaired) electrons. The number of nitrogens with zero attached hydrogens (tertiary/aromatic N) is 1. The maximum absolute atomic E-state index is 13.6. The number of hydrogen-bond acceptors (Lipinski definition) is 3. The van der Waals surface area contributed by atoms with E-state index in [0.29, 0.717) is 17.4 Å². The van der Waals surface area contributed by atoms with E-state index in [9.17, 15) is 4.39 Å². The Labute approximate surface area is 106 Å². The van der Waals surface area contributed by atoms with Crippen LogP contribution in [-0.2, 0) is 6.54 Å². The molecule has 2 N–H and O–H groups in total. The van der Waals surface area contributed by atoms with Gasteiger partial charge in [-0.1, -0.05) is 13.0 Å². The molecule has 3 nitrogen and oxygen atoms in total. The molecule has 0 fully saturated rings. The Balaban J connectivity index is 2.16. The first-order chi connectivity index (χ1) is 8.72. The van der Waals surface area contributed by atoms with Crippen LogP contribution in [0.5, 0.6) is 0 Å². The molecule has 96 valence electrons. The van der Waals surface area contributed by atoms with Crippen molar-refractivity contribution in [3.63, 3.8) is 0 Å². The third-order valence-corrected chi connectivity index (χ3v) is 2.92. The lowest BCUT2D eigenvalue weighted by atomic mass is 10.1. The predicted molar refractivity (Wildman–Crippen MR) is 69.7 cm³/mol. The van der Waals surface area contributed by atoms with E-state index in [2.05, 4.69) is 10.3 Å². The highest BCUT2D eigenvalue weighted by Crippen LogP contribution is 2.19. The van der Waals surface area contributed by atoms with E-state index < -0.39 is 0 Å². The molecule has 0 aliphatic rings. The fraction of sp³-hybridized carbons (Fsp3) is 0.357. The van der Waals surface area contributed by atoms with Crippen LogP contribution in [0.15, 0.2) is 30.5 Å². The summed E-state index contributed by atoms with van der Waals surface area (Å²) in [6.45, 7) is 3.48. The quantitative estimate of drug-likeness (QED) is 0.851. The van der Waals surface area contributed by atoms with E-state index in [1.807, 2.05) is 6.92 Å². The number of nitrogens with one attached hydrogen (secondary N) is 1. The third kappa shape index (κ3) is 2.83. The zero-order valence-corrected chi connectivity index (χ0v) is 10.4. The highest BCUT2D eigenvalue weighted by atomic mass is 19.1. The predicted octanol–water partition coefficient (Wildman–Crippen LogP) is 2.09. The molecule has 0 spiro atoms. The summed E-state index contributed by atoms with van der Waals surface area (Å²) in [5, 5.41) is 12.7. The summed E-state index contributed by atoms with van der Waals surface area (Å²) in [7, 11) is 0. The summed E-state index contributed by atoms with van der Waals surface area (Å²) >= 11 is 0. The molecular weight excluding hydrogens is 231 g/mol. The van der Waals surface area contributed by atoms with Gasteiger partial charge in [0.2, 0.25) is 0 Å². The lowest BCUT2D eigenvalue weighted by molar-refractivity contribution is 0.233. The first-order valence-electron chi connectivity index (χ1n) is 6.06. The summed E-state index contributed by atoms with van der Waals surface area (Å²) in [6.07, 6.45) is 1.67. The van der Waals surface area contributed by atoms with Gasteiger partial charge in [0.1, 0.15) is 5.82 Å². The Hall–Kier alpha value is -1.52. The first-order valence-corrected chi connectivity index (χ1v) is 6.06. The van der Waals surface area contributed by atoms with Crippen LogP contribution in [0.1, 0.15) is 12.5 Å². The molecule has 0 amide bonds. The van der Waals surface area contributed by atoms with Gasteiger partial charge in [0.25, 0.3) is 0 Å². The molecule has 1 unspecified atom stereocenters. The fourth-order valence-electron chi connectivity index (χ4n) is 1.86. The number of halogens is 1. The smallest absolute Gasteiger partial charge is 0.132 e. The second kappa shape index (κ2) is 5.89. The Morgan fingerprint density at radius 2 is 2.22 bits per heavy atom. The molecule has 0 aliphatic heterocycles. The van der Waals surface area contributed by atoms with E-state index in [1.54, 1.807) is 24.4 Å². The largest absolute Gasteiger partial charge is 0.396 e. The molecule has 1 atom stereocenters. The van der Waals surface area contributed by atoms with Gasteiger partial charge in [0.05, 0.1) is 5.52 Å². The molecule has 0 saturated heterocycles. The van der Waals surface area contributed by atoms with Gasteiger partial charge in [0, 0.05) is 31.3 Å². The van der Waals surface area contributed by atoms with Crippen molar-refractivity contribution in [2.75, 3.05) is 13.2 Å². The maximum Gasteiger partial charge on any atom is 0.132 e. The number of aliphatic hydroxyl groups excluding tert-OH is 1. The van der Waals surface area contributed by atoms with Gasteiger partial charge in [-0.05, 0) is 29.7 Å². The summed E-state index contributed by atoms with van der Waals surface area (Å²) in [5.41, 5.74) is 1.67. The molecule has 0 bridgehead atoms. The Bertz CT molecular complexity index is 530. The molecule has 1 heterocycles. The number of aromatic nitrogens is 1. The van der Waals surface area contributed by atoms with Crippen LogP contribution in [0.4, 0.5) is 4.39 Å². The van der Waals surface area contributed by atoms with Gasteiger partial charge >= 0.3 is 0 Å². The third-order valence-electron chi connectivity index (χ3n) is 2.92. The van der Waals surface area contributed by atoms with Crippen molar-refractivity contribution in [3.05, 3.63) is 41.8 Å². The Morgan fingerprint density at radius 1 is 1.39 bits per heavy atom. The van der Waals surface area contributed by atoms with Crippen LogP contribution in [0.25, 0.3) is 10.9 Å². The normalized spacial score (nSPS) is 12.8. The van der Waals surface area contributed by atoms with Gasteiger partial charge in [-0.15, -0.1) is 0 Å². The van der Waals surface area contributed by atoms with Crippen molar-refractivity contribution in [1.82, 2.24) is 10.3 Å². The average molecular weight is 248 g/mol. The van der Waals surface area contributed by atoms with Crippen molar-refractivity contribution in [3.8, 4) is 0 Å². The van der Waals surface area contributed by atoms with Crippen LogP contribution in [-0.4, -0.2) is 23.2 Å². The van der Waals surface area contributed by atoms with Crippen LogP contribution in [0, 0.1) is 11.7 Å². The lowest BCUT2D eigenvalue weighted by Crippen LogP contribution is -2.22. The van der Waals surface area contributed by atoms with E-state index >= 15 is 0 Å². The van der Waals surface area contributed by atoms with E-state index in [-0.39, 0.29) is 18.3 Å². The lowest BCUT2D eigenvalue weighted by Gasteiger charge is -2.11. The van der Waals surface area contributed by atoms with Gasteiger partial charge in [-0.2, -0.15) is 0 Å². The number of benzene rings is 1. The van der Waals surface area contributed by atoms with Crippen molar-refractivity contribution in [2.24, 2.45) is 5.92 Å². The summed E-state index contributed by atoms with van der Waals surface area (Å²) in [4.78, 5) is 4.23. The maximum atomic E-state index is 13.6.